The van der Waals surface area contributed by atoms with Crippen molar-refractivity contribution >= 4 is 0 Å². The van der Waals surface area contributed by atoms with Crippen molar-refractivity contribution in [3.63, 3.8) is 0 Å². The van der Waals surface area contributed by atoms with E-state index in [0.29, 0.717) is 0 Å². The molecule has 192 valence electrons. The van der Waals surface area contributed by atoms with Crippen LogP contribution in [-0.4, -0.2) is 13.7 Å². The van der Waals surface area contributed by atoms with E-state index in [2.05, 4.69) is 41.5 Å². The van der Waals surface area contributed by atoms with Crippen molar-refractivity contribution in [2.45, 2.75) is 120 Å². The normalized spacial score (nSPS) is 21.5. The van der Waals surface area contributed by atoms with E-state index in [1.807, 2.05) is 0 Å². The number of nitrogens with zero attached hydrogens (tertiary/aromatic N) is 3. The first-order chi connectivity index (χ1) is 15.1. The largest absolute Gasteiger partial charge is 0.336 e. The fourth-order valence-electron chi connectivity index (χ4n) is 5.01. The van der Waals surface area contributed by atoms with Gasteiger partial charge in [0.15, 0.2) is 0 Å². The predicted octanol–water partition coefficient (Wildman–Crippen LogP) is 5.90. The Kier molecular flexibility index (Phi) is 10.9. The highest BCUT2D eigenvalue weighted by Crippen LogP contribution is 2.42. The third kappa shape index (κ3) is 7.19. The minimum Gasteiger partial charge on any atom is -0.247 e. The molecule has 0 amide bonds. The molecular formula is C27H51N3O3. The highest BCUT2D eigenvalue weighted by atomic mass is 16.2. The van der Waals surface area contributed by atoms with E-state index in [0.717, 1.165) is 49.2 Å². The lowest BCUT2D eigenvalue weighted by molar-refractivity contribution is 0.102. The highest BCUT2D eigenvalue weighted by molar-refractivity contribution is 4.85. The standard InChI is InChI=1S/C15H30.C12H21N3O3/c1-10(2)13-7-14(11(3)4)9-15(8-13)12(5)6;1-7(2)13-10(16)14(8(3)4)12(18)15(9(5)6)11(13)17/h10-15H,7-9H2,1-6H3;7-9H,1-6H3. The van der Waals surface area contributed by atoms with Crippen LogP contribution in [0.2, 0.25) is 0 Å². The molecule has 0 unspecified atom stereocenters. The first kappa shape index (κ1) is 29.4. The van der Waals surface area contributed by atoms with Crippen LogP contribution >= 0.6 is 0 Å². The van der Waals surface area contributed by atoms with Crippen molar-refractivity contribution in [3.05, 3.63) is 31.5 Å². The predicted molar refractivity (Wildman–Crippen MR) is 139 cm³/mol. The third-order valence-corrected chi connectivity index (χ3v) is 7.43. The summed E-state index contributed by atoms with van der Waals surface area (Å²) in [7, 11) is 0. The summed E-state index contributed by atoms with van der Waals surface area (Å²) in [6.45, 7) is 25.0. The maximum absolute atomic E-state index is 12.2. The highest BCUT2D eigenvalue weighted by Gasteiger charge is 2.32. The smallest absolute Gasteiger partial charge is 0.247 e. The van der Waals surface area contributed by atoms with Crippen molar-refractivity contribution in [2.24, 2.45) is 35.5 Å². The average Bonchev–Trinajstić information content (AvgIpc) is 2.66. The topological polar surface area (TPSA) is 66.0 Å². The molecule has 0 aliphatic heterocycles. The Hall–Kier alpha value is -1.59. The molecule has 0 atom stereocenters. The molecule has 2 rings (SSSR count). The fraction of sp³-hybridized carbons (Fsp3) is 0.889. The van der Waals surface area contributed by atoms with Gasteiger partial charge in [-0.3, -0.25) is 0 Å². The lowest BCUT2D eigenvalue weighted by Gasteiger charge is -2.40. The van der Waals surface area contributed by atoms with Crippen molar-refractivity contribution in [2.75, 3.05) is 0 Å². The molecule has 0 bridgehead atoms. The van der Waals surface area contributed by atoms with Crippen LogP contribution in [0.5, 0.6) is 0 Å². The quantitative estimate of drug-likeness (QED) is 0.525. The van der Waals surface area contributed by atoms with Crippen molar-refractivity contribution in [1.29, 1.82) is 0 Å². The average molecular weight is 466 g/mol. The van der Waals surface area contributed by atoms with Gasteiger partial charge in [-0.15, -0.1) is 0 Å². The van der Waals surface area contributed by atoms with Crippen LogP contribution in [0.1, 0.15) is 120 Å². The molecule has 6 heteroatoms. The molecule has 0 N–H and O–H groups in total. The van der Waals surface area contributed by atoms with Crippen LogP contribution in [0.15, 0.2) is 14.4 Å². The summed E-state index contributed by atoms with van der Waals surface area (Å²) < 4.78 is 3.38. The van der Waals surface area contributed by atoms with E-state index < -0.39 is 17.1 Å². The molecule has 0 radical (unpaired) electrons. The minimum absolute atomic E-state index is 0.277. The van der Waals surface area contributed by atoms with Gasteiger partial charge in [0.1, 0.15) is 0 Å². The van der Waals surface area contributed by atoms with Crippen molar-refractivity contribution in [3.8, 4) is 0 Å². The van der Waals surface area contributed by atoms with E-state index in [-0.39, 0.29) is 18.1 Å². The summed E-state index contributed by atoms with van der Waals surface area (Å²) >= 11 is 0. The summed E-state index contributed by atoms with van der Waals surface area (Å²) in [4.78, 5) is 36.5. The van der Waals surface area contributed by atoms with Crippen LogP contribution in [0.4, 0.5) is 0 Å². The van der Waals surface area contributed by atoms with Gasteiger partial charge in [-0.1, -0.05) is 41.5 Å². The molecule has 0 aromatic carbocycles. The van der Waals surface area contributed by atoms with Gasteiger partial charge in [-0.05, 0) is 96.3 Å². The van der Waals surface area contributed by atoms with Gasteiger partial charge in [0, 0.05) is 18.1 Å². The molecule has 0 saturated heterocycles. The molecule has 1 aliphatic rings. The van der Waals surface area contributed by atoms with Crippen molar-refractivity contribution in [1.82, 2.24) is 13.7 Å². The van der Waals surface area contributed by atoms with Gasteiger partial charge >= 0.3 is 17.1 Å². The SMILES string of the molecule is CC(C)C1CC(C(C)C)CC(C(C)C)C1.CC(C)n1c(=O)n(C(C)C)c(=O)n(C(C)C)c1=O. The van der Waals surface area contributed by atoms with Crippen LogP contribution in [-0.2, 0) is 0 Å². The maximum atomic E-state index is 12.2. The first-order valence-electron chi connectivity index (χ1n) is 13.1. The van der Waals surface area contributed by atoms with E-state index in [1.54, 1.807) is 41.5 Å². The zero-order chi connectivity index (χ0) is 25.8. The van der Waals surface area contributed by atoms with Crippen LogP contribution in [0.25, 0.3) is 0 Å². The number of hydrogen-bond acceptors (Lipinski definition) is 3. The van der Waals surface area contributed by atoms with E-state index >= 15 is 0 Å². The summed E-state index contributed by atoms with van der Waals surface area (Å²) in [5.41, 5.74) is -1.61. The molecule has 1 aliphatic carbocycles. The summed E-state index contributed by atoms with van der Waals surface area (Å²) in [5.74, 6) is 5.60. The molecule has 1 aromatic heterocycles. The van der Waals surface area contributed by atoms with Gasteiger partial charge in [-0.2, -0.15) is 0 Å². The third-order valence-electron chi connectivity index (χ3n) is 7.43. The van der Waals surface area contributed by atoms with Gasteiger partial charge < -0.3 is 0 Å². The Morgan fingerprint density at radius 3 is 0.758 bits per heavy atom. The summed E-state index contributed by atoms with van der Waals surface area (Å²) in [6.07, 6.45) is 4.45. The lowest BCUT2D eigenvalue weighted by Crippen LogP contribution is -2.55. The molecule has 6 nitrogen and oxygen atoms in total. The van der Waals surface area contributed by atoms with Crippen LogP contribution in [0, 0.1) is 35.5 Å². The lowest BCUT2D eigenvalue weighted by atomic mass is 9.65. The second kappa shape index (κ2) is 12.2. The maximum Gasteiger partial charge on any atom is 0.336 e. The van der Waals surface area contributed by atoms with Gasteiger partial charge in [0.25, 0.3) is 0 Å². The Balaban J connectivity index is 0.000000335. The Morgan fingerprint density at radius 2 is 0.636 bits per heavy atom. The molecule has 1 aromatic rings. The van der Waals surface area contributed by atoms with Gasteiger partial charge in [0.2, 0.25) is 0 Å². The zero-order valence-corrected chi connectivity index (χ0v) is 23.4. The summed E-state index contributed by atoms with van der Waals surface area (Å²) in [5, 5.41) is 0. The van der Waals surface area contributed by atoms with Gasteiger partial charge in [0.05, 0.1) is 0 Å². The van der Waals surface area contributed by atoms with Crippen LogP contribution < -0.4 is 17.1 Å². The van der Waals surface area contributed by atoms with Gasteiger partial charge in [-0.25, -0.2) is 28.1 Å². The Morgan fingerprint density at radius 1 is 0.455 bits per heavy atom. The monoisotopic (exact) mass is 465 g/mol. The molecule has 1 fully saturated rings. The fourth-order valence-corrected chi connectivity index (χ4v) is 5.01. The molecular weight excluding hydrogens is 414 g/mol. The van der Waals surface area contributed by atoms with E-state index in [9.17, 15) is 14.4 Å². The Bertz CT molecular complexity index is 761. The van der Waals surface area contributed by atoms with Crippen LogP contribution in [0.3, 0.4) is 0 Å². The van der Waals surface area contributed by atoms with E-state index in [4.69, 9.17) is 0 Å². The second-order valence-electron chi connectivity index (χ2n) is 12.0. The number of rotatable bonds is 6. The zero-order valence-electron chi connectivity index (χ0n) is 23.4. The molecule has 1 saturated carbocycles. The molecule has 1 heterocycles. The number of aromatic nitrogens is 3. The summed E-state index contributed by atoms with van der Waals surface area (Å²) in [6, 6.07) is -0.832. The minimum atomic E-state index is -0.535. The molecule has 33 heavy (non-hydrogen) atoms. The number of hydrogen-bond donors (Lipinski definition) is 0. The Labute approximate surface area is 201 Å². The van der Waals surface area contributed by atoms with E-state index in [1.165, 1.54) is 19.3 Å². The second-order valence-corrected chi connectivity index (χ2v) is 12.0. The van der Waals surface area contributed by atoms with Crippen molar-refractivity contribution < 1.29 is 0 Å². The first-order valence-corrected chi connectivity index (χ1v) is 13.1. The molecule has 0 spiro atoms.